The van der Waals surface area contributed by atoms with E-state index in [1.807, 2.05) is 13.1 Å². The van der Waals surface area contributed by atoms with Gasteiger partial charge in [-0.15, -0.1) is 0 Å². The summed E-state index contributed by atoms with van der Waals surface area (Å²) in [5, 5.41) is 3.32. The smallest absolute Gasteiger partial charge is 0.129 e. The zero-order valence-corrected chi connectivity index (χ0v) is 12.9. The Bertz CT molecular complexity index is 442. The Balaban J connectivity index is 1.77. The molecule has 3 heteroatoms. The minimum atomic E-state index is -0.100. The SMILES string of the molecule is CNC(CC1CC2CCC1C2)c1c(F)cccc1Br. The molecule has 0 radical (unpaired) electrons. The highest BCUT2D eigenvalue weighted by Gasteiger charge is 2.40. The van der Waals surface area contributed by atoms with E-state index in [1.165, 1.54) is 25.7 Å². The van der Waals surface area contributed by atoms with Crippen LogP contribution in [0.5, 0.6) is 0 Å². The van der Waals surface area contributed by atoms with Crippen LogP contribution >= 0.6 is 15.9 Å². The van der Waals surface area contributed by atoms with Crippen molar-refractivity contribution < 1.29 is 4.39 Å². The third kappa shape index (κ3) is 2.59. The number of hydrogen-bond acceptors (Lipinski definition) is 1. The molecule has 0 heterocycles. The molecule has 3 rings (SSSR count). The molecule has 19 heavy (non-hydrogen) atoms. The molecule has 2 saturated carbocycles. The lowest BCUT2D eigenvalue weighted by molar-refractivity contribution is 0.281. The van der Waals surface area contributed by atoms with E-state index in [0.29, 0.717) is 0 Å². The average molecular weight is 326 g/mol. The largest absolute Gasteiger partial charge is 0.313 e. The van der Waals surface area contributed by atoms with Gasteiger partial charge in [-0.3, -0.25) is 0 Å². The third-order valence-electron chi connectivity index (χ3n) is 5.12. The quantitative estimate of drug-likeness (QED) is 0.847. The molecule has 0 spiro atoms. The number of fused-ring (bicyclic) bond motifs is 2. The average Bonchev–Trinajstić information content (AvgIpc) is 2.99. The Hall–Kier alpha value is -0.410. The Morgan fingerprint density at radius 1 is 1.37 bits per heavy atom. The van der Waals surface area contributed by atoms with Gasteiger partial charge in [0.05, 0.1) is 0 Å². The molecule has 4 atom stereocenters. The zero-order valence-electron chi connectivity index (χ0n) is 11.3. The first-order chi connectivity index (χ1) is 9.19. The maximum atomic E-state index is 14.1. The van der Waals surface area contributed by atoms with Gasteiger partial charge in [-0.05, 0) is 62.6 Å². The Morgan fingerprint density at radius 2 is 2.21 bits per heavy atom. The first-order valence-corrected chi connectivity index (χ1v) is 8.09. The lowest BCUT2D eigenvalue weighted by Gasteiger charge is -2.27. The first-order valence-electron chi connectivity index (χ1n) is 7.30. The topological polar surface area (TPSA) is 12.0 Å². The van der Waals surface area contributed by atoms with Gasteiger partial charge in [0.1, 0.15) is 5.82 Å². The van der Waals surface area contributed by atoms with E-state index < -0.39 is 0 Å². The summed E-state index contributed by atoms with van der Waals surface area (Å²) in [6.45, 7) is 0. The second-order valence-electron chi connectivity index (χ2n) is 6.15. The summed E-state index contributed by atoms with van der Waals surface area (Å²) in [6.07, 6.45) is 6.66. The molecule has 1 nitrogen and oxygen atoms in total. The number of nitrogens with one attached hydrogen (secondary N) is 1. The van der Waals surface area contributed by atoms with Gasteiger partial charge in [0, 0.05) is 16.1 Å². The van der Waals surface area contributed by atoms with Gasteiger partial charge >= 0.3 is 0 Å². The van der Waals surface area contributed by atoms with E-state index in [2.05, 4.69) is 21.2 Å². The van der Waals surface area contributed by atoms with Crippen molar-refractivity contribution >= 4 is 15.9 Å². The van der Waals surface area contributed by atoms with Gasteiger partial charge in [-0.2, -0.15) is 0 Å². The minimum Gasteiger partial charge on any atom is -0.313 e. The molecular formula is C16H21BrFN. The molecule has 0 amide bonds. The van der Waals surface area contributed by atoms with Crippen LogP contribution in [-0.2, 0) is 0 Å². The molecular weight excluding hydrogens is 305 g/mol. The number of benzene rings is 1. The third-order valence-corrected chi connectivity index (χ3v) is 5.81. The van der Waals surface area contributed by atoms with Gasteiger partial charge in [-0.1, -0.05) is 28.4 Å². The van der Waals surface area contributed by atoms with Crippen LogP contribution in [-0.4, -0.2) is 7.05 Å². The molecule has 0 saturated heterocycles. The molecule has 1 N–H and O–H groups in total. The van der Waals surface area contributed by atoms with Crippen LogP contribution in [0.1, 0.15) is 43.7 Å². The molecule has 2 aliphatic carbocycles. The van der Waals surface area contributed by atoms with E-state index in [1.54, 1.807) is 12.1 Å². The van der Waals surface area contributed by atoms with E-state index in [9.17, 15) is 4.39 Å². The molecule has 104 valence electrons. The summed E-state index contributed by atoms with van der Waals surface area (Å²) in [6, 6.07) is 5.38. The van der Waals surface area contributed by atoms with Gasteiger partial charge in [0.15, 0.2) is 0 Å². The van der Waals surface area contributed by atoms with Gasteiger partial charge in [-0.25, -0.2) is 4.39 Å². The van der Waals surface area contributed by atoms with Crippen molar-refractivity contribution in [3.05, 3.63) is 34.1 Å². The predicted molar refractivity (Wildman–Crippen MR) is 79.5 cm³/mol. The monoisotopic (exact) mass is 325 g/mol. The normalized spacial score (nSPS) is 30.8. The van der Waals surface area contributed by atoms with Gasteiger partial charge in [0.25, 0.3) is 0 Å². The summed E-state index contributed by atoms with van der Waals surface area (Å²) in [4.78, 5) is 0. The number of halogens is 2. The lowest BCUT2D eigenvalue weighted by Crippen LogP contribution is -2.23. The predicted octanol–water partition coefficient (Wildman–Crippen LogP) is 4.68. The van der Waals surface area contributed by atoms with Gasteiger partial charge < -0.3 is 5.32 Å². The summed E-state index contributed by atoms with van der Waals surface area (Å²) < 4.78 is 15.0. The van der Waals surface area contributed by atoms with Crippen LogP contribution in [0.15, 0.2) is 22.7 Å². The first kappa shape index (κ1) is 13.6. The van der Waals surface area contributed by atoms with Crippen LogP contribution in [0.25, 0.3) is 0 Å². The van der Waals surface area contributed by atoms with Crippen molar-refractivity contribution in [1.29, 1.82) is 0 Å². The van der Waals surface area contributed by atoms with Crippen molar-refractivity contribution in [2.24, 2.45) is 17.8 Å². The fourth-order valence-corrected chi connectivity index (χ4v) is 4.81. The fourth-order valence-electron chi connectivity index (χ4n) is 4.19. The highest BCUT2D eigenvalue weighted by molar-refractivity contribution is 9.10. The lowest BCUT2D eigenvalue weighted by atomic mass is 9.82. The summed E-state index contributed by atoms with van der Waals surface area (Å²) in [5.41, 5.74) is 0.799. The van der Waals surface area contributed by atoms with Crippen LogP contribution in [0.3, 0.4) is 0 Å². The summed E-state index contributed by atoms with van der Waals surface area (Å²) in [7, 11) is 1.94. The Labute approximate surface area is 123 Å². The number of rotatable bonds is 4. The van der Waals surface area contributed by atoms with Crippen molar-refractivity contribution in [1.82, 2.24) is 5.32 Å². The van der Waals surface area contributed by atoms with Crippen molar-refractivity contribution in [2.45, 2.75) is 38.1 Å². The van der Waals surface area contributed by atoms with E-state index in [-0.39, 0.29) is 11.9 Å². The Kier molecular flexibility index (Phi) is 3.95. The standard InChI is InChI=1S/C16H21BrFN/c1-19-15(16-13(17)3-2-4-14(16)18)9-12-8-10-5-6-11(12)7-10/h2-4,10-12,15,19H,5-9H2,1H3. The maximum absolute atomic E-state index is 14.1. The van der Waals surface area contributed by atoms with E-state index in [4.69, 9.17) is 0 Å². The second-order valence-corrected chi connectivity index (χ2v) is 7.00. The molecule has 2 aliphatic rings. The van der Waals surface area contributed by atoms with Crippen LogP contribution in [0.4, 0.5) is 4.39 Å². The van der Waals surface area contributed by atoms with Crippen molar-refractivity contribution in [3.63, 3.8) is 0 Å². The highest BCUT2D eigenvalue weighted by Crippen LogP contribution is 2.51. The molecule has 4 unspecified atom stereocenters. The van der Waals surface area contributed by atoms with E-state index >= 15 is 0 Å². The fraction of sp³-hybridized carbons (Fsp3) is 0.625. The van der Waals surface area contributed by atoms with Crippen molar-refractivity contribution in [3.8, 4) is 0 Å². The number of hydrogen-bond donors (Lipinski definition) is 1. The molecule has 1 aromatic rings. The van der Waals surface area contributed by atoms with Crippen LogP contribution in [0, 0.1) is 23.6 Å². The zero-order chi connectivity index (χ0) is 13.4. The maximum Gasteiger partial charge on any atom is 0.129 e. The van der Waals surface area contributed by atoms with E-state index in [0.717, 1.165) is 34.2 Å². The molecule has 2 bridgehead atoms. The molecule has 2 fully saturated rings. The van der Waals surface area contributed by atoms with Crippen LogP contribution < -0.4 is 5.32 Å². The Morgan fingerprint density at radius 3 is 2.79 bits per heavy atom. The van der Waals surface area contributed by atoms with Gasteiger partial charge in [0.2, 0.25) is 0 Å². The minimum absolute atomic E-state index is 0.100. The summed E-state index contributed by atoms with van der Waals surface area (Å²) >= 11 is 3.50. The highest BCUT2D eigenvalue weighted by atomic mass is 79.9. The summed E-state index contributed by atoms with van der Waals surface area (Å²) in [5.74, 6) is 2.53. The molecule has 1 aromatic carbocycles. The van der Waals surface area contributed by atoms with Crippen LogP contribution in [0.2, 0.25) is 0 Å². The van der Waals surface area contributed by atoms with Crippen molar-refractivity contribution in [2.75, 3.05) is 7.05 Å². The second kappa shape index (κ2) is 5.53. The molecule has 0 aromatic heterocycles. The molecule has 0 aliphatic heterocycles.